The number of rotatable bonds is 7. The topological polar surface area (TPSA) is 81.1 Å². The summed E-state index contributed by atoms with van der Waals surface area (Å²) in [6.07, 6.45) is 2.80. The number of aromatic nitrogens is 1. The van der Waals surface area contributed by atoms with E-state index in [1.807, 2.05) is 27.7 Å². The molecule has 0 bridgehead atoms. The molecule has 0 aliphatic heterocycles. The number of amides is 1. The number of hydrogen-bond acceptors (Lipinski definition) is 4. The molecule has 0 saturated heterocycles. The Balaban J connectivity index is 0.00000361. The van der Waals surface area contributed by atoms with Crippen LogP contribution in [-0.4, -0.2) is 23.1 Å². The van der Waals surface area contributed by atoms with Crippen molar-refractivity contribution in [3.05, 3.63) is 17.0 Å². The minimum Gasteiger partial charge on any atom is -0.361 e. The van der Waals surface area contributed by atoms with Gasteiger partial charge in [0.25, 0.3) is 0 Å². The molecule has 1 aromatic heterocycles. The van der Waals surface area contributed by atoms with E-state index >= 15 is 0 Å². The van der Waals surface area contributed by atoms with Gasteiger partial charge in [-0.15, -0.1) is 12.4 Å². The predicted octanol–water partition coefficient (Wildman–Crippen LogP) is 2.28. The molecule has 0 aliphatic carbocycles. The van der Waals surface area contributed by atoms with Crippen LogP contribution in [0.25, 0.3) is 0 Å². The summed E-state index contributed by atoms with van der Waals surface area (Å²) in [5, 5.41) is 6.79. The first kappa shape index (κ1) is 18.9. The number of nitrogens with zero attached hydrogens (tertiary/aromatic N) is 1. The average Bonchev–Trinajstić information content (AvgIpc) is 2.73. The number of nitrogens with two attached hydrogens (primary N) is 1. The van der Waals surface area contributed by atoms with Crippen molar-refractivity contribution >= 4 is 18.3 Å². The number of nitrogens with one attached hydrogen (secondary N) is 1. The lowest BCUT2D eigenvalue weighted by atomic mass is 9.94. The Bertz CT molecular complexity index is 409. The van der Waals surface area contributed by atoms with Gasteiger partial charge in [0.05, 0.1) is 5.69 Å². The van der Waals surface area contributed by atoms with Gasteiger partial charge in [0.15, 0.2) is 0 Å². The summed E-state index contributed by atoms with van der Waals surface area (Å²) in [5.74, 6) is 0.817. The van der Waals surface area contributed by atoms with Crippen LogP contribution in [0.5, 0.6) is 0 Å². The number of carbonyl (C=O) groups excluding carboxylic acids is 1. The maximum Gasteiger partial charge on any atom is 0.220 e. The van der Waals surface area contributed by atoms with Crippen molar-refractivity contribution in [1.82, 2.24) is 10.5 Å². The van der Waals surface area contributed by atoms with Crippen molar-refractivity contribution in [2.75, 3.05) is 6.54 Å². The lowest BCUT2D eigenvalue weighted by molar-refractivity contribution is -0.121. The summed E-state index contributed by atoms with van der Waals surface area (Å²) >= 11 is 0. The molecule has 1 heterocycles. The molecule has 20 heavy (non-hydrogen) atoms. The minimum atomic E-state index is -0.293. The lowest BCUT2D eigenvalue weighted by Crippen LogP contribution is -2.49. The monoisotopic (exact) mass is 303 g/mol. The van der Waals surface area contributed by atoms with Gasteiger partial charge < -0.3 is 15.6 Å². The van der Waals surface area contributed by atoms with Gasteiger partial charge in [0, 0.05) is 24.1 Å². The largest absolute Gasteiger partial charge is 0.361 e. The van der Waals surface area contributed by atoms with Crippen molar-refractivity contribution in [2.24, 2.45) is 5.73 Å². The maximum absolute atomic E-state index is 11.8. The Labute approximate surface area is 127 Å². The second kappa shape index (κ2) is 8.27. The smallest absolute Gasteiger partial charge is 0.220 e. The third kappa shape index (κ3) is 5.13. The highest BCUT2D eigenvalue weighted by Gasteiger charge is 2.21. The van der Waals surface area contributed by atoms with Crippen molar-refractivity contribution < 1.29 is 9.32 Å². The number of aryl methyl sites for hydroxylation is 2. The second-order valence-corrected chi connectivity index (χ2v) is 5.15. The van der Waals surface area contributed by atoms with Crippen molar-refractivity contribution in [1.29, 1.82) is 0 Å². The average molecular weight is 304 g/mol. The normalized spacial score (nSPS) is 11.1. The molecule has 0 aliphatic rings. The molecule has 116 valence electrons. The van der Waals surface area contributed by atoms with Gasteiger partial charge in [-0.2, -0.15) is 0 Å². The summed E-state index contributed by atoms with van der Waals surface area (Å²) in [6, 6.07) is 0. The quantitative estimate of drug-likeness (QED) is 0.809. The van der Waals surface area contributed by atoms with Crippen LogP contribution in [0.3, 0.4) is 0 Å². The van der Waals surface area contributed by atoms with Crippen LogP contribution in [0.4, 0.5) is 0 Å². The molecule has 0 fully saturated rings. The van der Waals surface area contributed by atoms with Gasteiger partial charge in [0.1, 0.15) is 5.76 Å². The predicted molar refractivity (Wildman–Crippen MR) is 82.1 cm³/mol. The molecule has 0 unspecified atom stereocenters. The van der Waals surface area contributed by atoms with E-state index in [0.29, 0.717) is 19.4 Å². The first-order valence-corrected chi connectivity index (χ1v) is 6.89. The van der Waals surface area contributed by atoms with E-state index in [1.165, 1.54) is 0 Å². The maximum atomic E-state index is 11.8. The standard InChI is InChI=1S/C14H25N3O2.ClH/c1-5-14(15,6-2)9-16-13(18)8-7-12-10(3)17-19-11(12)4;/h5-9,15H2,1-4H3,(H,16,18);1H. The molecule has 0 aromatic carbocycles. The Hall–Kier alpha value is -1.07. The molecule has 5 nitrogen and oxygen atoms in total. The van der Waals surface area contributed by atoms with E-state index in [-0.39, 0.29) is 23.9 Å². The molecule has 3 N–H and O–H groups in total. The van der Waals surface area contributed by atoms with E-state index < -0.39 is 0 Å². The van der Waals surface area contributed by atoms with Gasteiger partial charge in [-0.25, -0.2) is 0 Å². The van der Waals surface area contributed by atoms with Crippen LogP contribution in [-0.2, 0) is 11.2 Å². The third-order valence-electron chi connectivity index (χ3n) is 3.83. The summed E-state index contributed by atoms with van der Waals surface area (Å²) in [7, 11) is 0. The van der Waals surface area contributed by atoms with Gasteiger partial charge in [-0.3, -0.25) is 4.79 Å². The molecule has 0 saturated carbocycles. The van der Waals surface area contributed by atoms with E-state index in [1.54, 1.807) is 0 Å². The van der Waals surface area contributed by atoms with Crippen LogP contribution >= 0.6 is 12.4 Å². The second-order valence-electron chi connectivity index (χ2n) is 5.15. The third-order valence-corrected chi connectivity index (χ3v) is 3.83. The number of carbonyl (C=O) groups is 1. The first-order valence-electron chi connectivity index (χ1n) is 6.89. The van der Waals surface area contributed by atoms with E-state index in [4.69, 9.17) is 10.3 Å². The molecular weight excluding hydrogens is 278 g/mol. The molecule has 1 aromatic rings. The van der Waals surface area contributed by atoms with Crippen molar-refractivity contribution in [2.45, 2.75) is 58.9 Å². The highest BCUT2D eigenvalue weighted by molar-refractivity contribution is 5.85. The zero-order valence-electron chi connectivity index (χ0n) is 12.8. The lowest BCUT2D eigenvalue weighted by Gasteiger charge is -2.26. The van der Waals surface area contributed by atoms with E-state index in [2.05, 4.69) is 10.5 Å². The van der Waals surface area contributed by atoms with E-state index in [9.17, 15) is 4.79 Å². The zero-order valence-corrected chi connectivity index (χ0v) is 13.6. The fourth-order valence-electron chi connectivity index (χ4n) is 1.96. The number of hydrogen-bond donors (Lipinski definition) is 2. The fraction of sp³-hybridized carbons (Fsp3) is 0.714. The summed E-state index contributed by atoms with van der Waals surface area (Å²) in [4.78, 5) is 11.8. The molecular formula is C14H26ClN3O2. The van der Waals surface area contributed by atoms with Crippen LogP contribution in [0.2, 0.25) is 0 Å². The Morgan fingerprint density at radius 2 is 1.95 bits per heavy atom. The van der Waals surface area contributed by atoms with Gasteiger partial charge in [0.2, 0.25) is 5.91 Å². The van der Waals surface area contributed by atoms with E-state index in [0.717, 1.165) is 29.9 Å². The Kier molecular flexibility index (Phi) is 7.83. The highest BCUT2D eigenvalue weighted by atomic mass is 35.5. The molecule has 6 heteroatoms. The minimum absolute atomic E-state index is 0. The molecule has 0 radical (unpaired) electrons. The zero-order chi connectivity index (χ0) is 14.5. The van der Waals surface area contributed by atoms with Crippen molar-refractivity contribution in [3.63, 3.8) is 0 Å². The first-order chi connectivity index (χ1) is 8.91. The molecule has 0 spiro atoms. The summed E-state index contributed by atoms with van der Waals surface area (Å²) in [5.41, 5.74) is 7.74. The molecule has 1 rings (SSSR count). The van der Waals surface area contributed by atoms with Gasteiger partial charge in [-0.1, -0.05) is 19.0 Å². The SMILES string of the molecule is CCC(N)(CC)CNC(=O)CCc1c(C)noc1C.Cl. The van der Waals surface area contributed by atoms with Gasteiger partial charge in [-0.05, 0) is 33.1 Å². The van der Waals surface area contributed by atoms with Gasteiger partial charge >= 0.3 is 0 Å². The fourth-order valence-corrected chi connectivity index (χ4v) is 1.96. The Morgan fingerprint density at radius 3 is 2.40 bits per heavy atom. The van der Waals surface area contributed by atoms with Crippen LogP contribution in [0, 0.1) is 13.8 Å². The Morgan fingerprint density at radius 1 is 1.35 bits per heavy atom. The molecule has 0 atom stereocenters. The van der Waals surface area contributed by atoms with Crippen molar-refractivity contribution in [3.8, 4) is 0 Å². The number of halogens is 1. The van der Waals surface area contributed by atoms with Crippen LogP contribution < -0.4 is 11.1 Å². The summed E-state index contributed by atoms with van der Waals surface area (Å²) < 4.78 is 5.07. The van der Waals surface area contributed by atoms with Crippen LogP contribution in [0.15, 0.2) is 4.52 Å². The summed E-state index contributed by atoms with van der Waals surface area (Å²) in [6.45, 7) is 8.37. The molecule has 1 amide bonds. The van der Waals surface area contributed by atoms with Crippen LogP contribution in [0.1, 0.15) is 50.1 Å². The highest BCUT2D eigenvalue weighted by Crippen LogP contribution is 2.14.